The van der Waals surface area contributed by atoms with Crippen molar-refractivity contribution >= 4 is 23.2 Å². The molecule has 0 spiro atoms. The highest BCUT2D eigenvalue weighted by atomic mass is 35.5. The Morgan fingerprint density at radius 3 is 2.47 bits per heavy atom. The number of halogens is 2. The molecule has 17 heavy (non-hydrogen) atoms. The van der Waals surface area contributed by atoms with E-state index in [1.165, 1.54) is 11.1 Å². The van der Waals surface area contributed by atoms with Crippen LogP contribution in [0.1, 0.15) is 24.5 Å². The third kappa shape index (κ3) is 3.87. The maximum atomic E-state index is 6.15. The van der Waals surface area contributed by atoms with Gasteiger partial charge in [-0.25, -0.2) is 0 Å². The van der Waals surface area contributed by atoms with Crippen LogP contribution in [0, 0.1) is 6.92 Å². The van der Waals surface area contributed by atoms with E-state index < -0.39 is 0 Å². The van der Waals surface area contributed by atoms with E-state index in [2.05, 4.69) is 31.2 Å². The highest BCUT2D eigenvalue weighted by molar-refractivity contribution is 6.22. The number of ether oxygens (including phenoxy) is 1. The fraction of sp³-hybridized carbons (Fsp3) is 0.571. The lowest BCUT2D eigenvalue weighted by Gasteiger charge is -2.30. The van der Waals surface area contributed by atoms with E-state index >= 15 is 0 Å². The van der Waals surface area contributed by atoms with Crippen molar-refractivity contribution in [2.45, 2.75) is 25.7 Å². The van der Waals surface area contributed by atoms with Crippen LogP contribution in [0.5, 0.6) is 0 Å². The van der Waals surface area contributed by atoms with Crippen LogP contribution in [0.25, 0.3) is 0 Å². The van der Waals surface area contributed by atoms with Crippen molar-refractivity contribution < 1.29 is 4.74 Å². The summed E-state index contributed by atoms with van der Waals surface area (Å²) in [5.74, 6) is 1.04. The van der Waals surface area contributed by atoms with Gasteiger partial charge < -0.3 is 4.74 Å². The predicted molar refractivity (Wildman–Crippen MR) is 75.4 cm³/mol. The van der Waals surface area contributed by atoms with Gasteiger partial charge >= 0.3 is 0 Å². The van der Waals surface area contributed by atoms with Crippen molar-refractivity contribution in [3.05, 3.63) is 35.4 Å². The molecule has 1 aromatic rings. The van der Waals surface area contributed by atoms with Crippen LogP contribution in [0.3, 0.4) is 0 Å². The number of rotatable bonds is 7. The number of hydrogen-bond donors (Lipinski definition) is 0. The van der Waals surface area contributed by atoms with Crippen LogP contribution < -0.4 is 0 Å². The molecule has 0 amide bonds. The third-order valence-electron chi connectivity index (χ3n) is 3.07. The minimum atomic E-state index is -0.176. The molecule has 96 valence electrons. The maximum absolute atomic E-state index is 6.15. The SMILES string of the molecule is CCOCCC(CCl)(CCl)c1cccc(C)c1. The quantitative estimate of drug-likeness (QED) is 0.537. The standard InChI is InChI=1S/C14H20Cl2O/c1-3-17-8-7-14(10-15,11-16)13-6-4-5-12(2)9-13/h4-6,9H,3,7-8,10-11H2,1-2H3. The predicted octanol–water partition coefficient (Wildman–Crippen LogP) is 4.14. The molecule has 0 aliphatic rings. The molecule has 0 radical (unpaired) electrons. The molecule has 0 atom stereocenters. The molecule has 3 heteroatoms. The average Bonchev–Trinajstić information content (AvgIpc) is 2.35. The van der Waals surface area contributed by atoms with Crippen LogP contribution in [-0.2, 0) is 10.2 Å². The van der Waals surface area contributed by atoms with E-state index in [-0.39, 0.29) is 5.41 Å². The molecule has 0 saturated heterocycles. The minimum Gasteiger partial charge on any atom is -0.382 e. The van der Waals surface area contributed by atoms with Gasteiger partial charge in [0.05, 0.1) is 0 Å². The molecule has 0 fully saturated rings. The van der Waals surface area contributed by atoms with E-state index in [4.69, 9.17) is 27.9 Å². The summed E-state index contributed by atoms with van der Waals surface area (Å²) in [5.41, 5.74) is 2.27. The number of benzene rings is 1. The number of hydrogen-bond acceptors (Lipinski definition) is 1. The molecule has 0 aliphatic heterocycles. The third-order valence-corrected chi connectivity index (χ3v) is 4.09. The molecule has 1 rings (SSSR count). The van der Waals surface area contributed by atoms with Crippen molar-refractivity contribution in [1.29, 1.82) is 0 Å². The van der Waals surface area contributed by atoms with Crippen LogP contribution in [0.2, 0.25) is 0 Å². The first-order chi connectivity index (χ1) is 8.18. The summed E-state index contributed by atoms with van der Waals surface area (Å²) in [6, 6.07) is 8.40. The van der Waals surface area contributed by atoms with Gasteiger partial charge in [0.2, 0.25) is 0 Å². The zero-order valence-electron chi connectivity index (χ0n) is 10.5. The molecule has 0 bridgehead atoms. The van der Waals surface area contributed by atoms with Gasteiger partial charge in [0.1, 0.15) is 0 Å². The summed E-state index contributed by atoms with van der Waals surface area (Å²) < 4.78 is 5.43. The van der Waals surface area contributed by atoms with Crippen molar-refractivity contribution in [1.82, 2.24) is 0 Å². The van der Waals surface area contributed by atoms with Gasteiger partial charge in [-0.2, -0.15) is 0 Å². The average molecular weight is 275 g/mol. The molecule has 0 aromatic heterocycles. The van der Waals surface area contributed by atoms with Gasteiger partial charge in [0, 0.05) is 30.4 Å². The first-order valence-electron chi connectivity index (χ1n) is 5.95. The van der Waals surface area contributed by atoms with E-state index in [1.54, 1.807) is 0 Å². The monoisotopic (exact) mass is 274 g/mol. The normalized spacial score (nSPS) is 11.8. The zero-order chi connectivity index (χ0) is 12.7. The molecule has 0 unspecified atom stereocenters. The number of aryl methyl sites for hydroxylation is 1. The molecule has 0 N–H and O–H groups in total. The van der Waals surface area contributed by atoms with Crippen molar-refractivity contribution in [3.63, 3.8) is 0 Å². The first-order valence-corrected chi connectivity index (χ1v) is 7.02. The fourth-order valence-corrected chi connectivity index (χ4v) is 2.72. The van der Waals surface area contributed by atoms with Gasteiger partial charge in [-0.15, -0.1) is 23.2 Å². The van der Waals surface area contributed by atoms with E-state index in [1.807, 2.05) is 6.92 Å². The second-order valence-electron chi connectivity index (χ2n) is 4.36. The largest absolute Gasteiger partial charge is 0.382 e. The Balaban J connectivity index is 2.89. The van der Waals surface area contributed by atoms with Gasteiger partial charge in [0.25, 0.3) is 0 Å². The van der Waals surface area contributed by atoms with Gasteiger partial charge in [-0.05, 0) is 25.8 Å². The Morgan fingerprint density at radius 2 is 1.94 bits per heavy atom. The van der Waals surface area contributed by atoms with E-state index in [0.717, 1.165) is 13.0 Å². The Bertz CT molecular complexity index is 335. The van der Waals surface area contributed by atoms with Crippen molar-refractivity contribution in [2.75, 3.05) is 25.0 Å². The Hall–Kier alpha value is -0.240. The van der Waals surface area contributed by atoms with Crippen LogP contribution in [-0.4, -0.2) is 25.0 Å². The summed E-state index contributed by atoms with van der Waals surface area (Å²) in [4.78, 5) is 0. The lowest BCUT2D eigenvalue weighted by atomic mass is 9.81. The van der Waals surface area contributed by atoms with Gasteiger partial charge in [-0.3, -0.25) is 0 Å². The summed E-state index contributed by atoms with van der Waals surface area (Å²) in [5, 5.41) is 0. The Morgan fingerprint density at radius 1 is 1.24 bits per heavy atom. The van der Waals surface area contributed by atoms with Gasteiger partial charge in [-0.1, -0.05) is 29.8 Å². The highest BCUT2D eigenvalue weighted by Gasteiger charge is 2.30. The van der Waals surface area contributed by atoms with E-state index in [0.29, 0.717) is 18.4 Å². The zero-order valence-corrected chi connectivity index (χ0v) is 12.0. The Labute approximate surface area is 114 Å². The fourth-order valence-electron chi connectivity index (χ4n) is 1.85. The molecule has 0 saturated carbocycles. The van der Waals surface area contributed by atoms with Gasteiger partial charge in [0.15, 0.2) is 0 Å². The number of alkyl halides is 2. The maximum Gasteiger partial charge on any atom is 0.0475 e. The van der Waals surface area contributed by atoms with E-state index in [9.17, 15) is 0 Å². The molecule has 0 heterocycles. The second-order valence-corrected chi connectivity index (χ2v) is 4.90. The van der Waals surface area contributed by atoms with Crippen molar-refractivity contribution in [3.8, 4) is 0 Å². The summed E-state index contributed by atoms with van der Waals surface area (Å²) in [6.07, 6.45) is 0.858. The topological polar surface area (TPSA) is 9.23 Å². The lowest BCUT2D eigenvalue weighted by Crippen LogP contribution is -2.32. The molecule has 1 aromatic carbocycles. The summed E-state index contributed by atoms with van der Waals surface area (Å²) in [6.45, 7) is 5.51. The summed E-state index contributed by atoms with van der Waals surface area (Å²) in [7, 11) is 0. The first kappa shape index (κ1) is 14.8. The molecular formula is C14H20Cl2O. The van der Waals surface area contributed by atoms with Crippen LogP contribution in [0.15, 0.2) is 24.3 Å². The Kier molecular flexibility index (Phi) is 6.32. The summed E-state index contributed by atoms with van der Waals surface area (Å²) >= 11 is 12.3. The smallest absolute Gasteiger partial charge is 0.0475 e. The van der Waals surface area contributed by atoms with Crippen LogP contribution >= 0.6 is 23.2 Å². The minimum absolute atomic E-state index is 0.176. The molecular weight excluding hydrogens is 255 g/mol. The molecule has 0 aliphatic carbocycles. The van der Waals surface area contributed by atoms with Crippen molar-refractivity contribution in [2.24, 2.45) is 0 Å². The second kappa shape index (κ2) is 7.25. The lowest BCUT2D eigenvalue weighted by molar-refractivity contribution is 0.131. The van der Waals surface area contributed by atoms with Crippen LogP contribution in [0.4, 0.5) is 0 Å². The molecule has 1 nitrogen and oxygen atoms in total. The highest BCUT2D eigenvalue weighted by Crippen LogP contribution is 2.31.